The number of aromatic nitrogens is 3. The molecule has 0 atom stereocenters. The molecule has 0 fully saturated rings. The molecule has 0 unspecified atom stereocenters. The molecule has 2 aromatic heterocycles. The average Bonchev–Trinajstić information content (AvgIpc) is 2.92. The standard InChI is InChI=1S/C15H8FN3O2/c16-10-6-7-11-12(8-10)19-14(21-15(11)20)13(17-18-19)9-4-2-1-3-5-9/h1-8H. The Morgan fingerprint density at radius 2 is 1.90 bits per heavy atom. The second-order valence-corrected chi connectivity index (χ2v) is 4.57. The topological polar surface area (TPSA) is 60.4 Å². The molecule has 0 N–H and O–H groups in total. The highest BCUT2D eigenvalue weighted by Crippen LogP contribution is 2.23. The molecule has 6 heteroatoms. The van der Waals surface area contributed by atoms with Crippen LogP contribution in [0.25, 0.3) is 27.9 Å². The van der Waals surface area contributed by atoms with Gasteiger partial charge in [-0.25, -0.2) is 9.18 Å². The normalized spacial score (nSPS) is 11.3. The first-order valence-corrected chi connectivity index (χ1v) is 6.27. The molecule has 0 radical (unpaired) electrons. The highest BCUT2D eigenvalue weighted by atomic mass is 19.1. The van der Waals surface area contributed by atoms with Crippen LogP contribution in [-0.2, 0) is 0 Å². The van der Waals surface area contributed by atoms with Gasteiger partial charge in [-0.1, -0.05) is 35.5 Å². The zero-order valence-corrected chi connectivity index (χ0v) is 10.7. The van der Waals surface area contributed by atoms with E-state index in [1.54, 1.807) is 0 Å². The van der Waals surface area contributed by atoms with Gasteiger partial charge in [0, 0.05) is 11.6 Å². The van der Waals surface area contributed by atoms with Crippen LogP contribution in [0.2, 0.25) is 0 Å². The van der Waals surface area contributed by atoms with Crippen LogP contribution in [-0.4, -0.2) is 14.8 Å². The summed E-state index contributed by atoms with van der Waals surface area (Å²) >= 11 is 0. The first-order valence-electron chi connectivity index (χ1n) is 6.27. The van der Waals surface area contributed by atoms with Crippen molar-refractivity contribution in [1.29, 1.82) is 0 Å². The van der Waals surface area contributed by atoms with Gasteiger partial charge in [0.05, 0.1) is 10.9 Å². The van der Waals surface area contributed by atoms with E-state index < -0.39 is 11.4 Å². The Kier molecular flexibility index (Phi) is 2.38. The quantitative estimate of drug-likeness (QED) is 0.538. The smallest absolute Gasteiger partial charge is 0.347 e. The van der Waals surface area contributed by atoms with Crippen molar-refractivity contribution in [1.82, 2.24) is 14.8 Å². The van der Waals surface area contributed by atoms with Crippen LogP contribution in [0.5, 0.6) is 0 Å². The average molecular weight is 281 g/mol. The van der Waals surface area contributed by atoms with Crippen molar-refractivity contribution in [3.63, 3.8) is 0 Å². The lowest BCUT2D eigenvalue weighted by Crippen LogP contribution is -2.04. The maximum Gasteiger partial charge on any atom is 0.347 e. The second-order valence-electron chi connectivity index (χ2n) is 4.57. The minimum Gasteiger partial charge on any atom is -0.401 e. The predicted octanol–water partition coefficient (Wildman–Crippen LogP) is 2.64. The van der Waals surface area contributed by atoms with Crippen LogP contribution >= 0.6 is 0 Å². The summed E-state index contributed by atoms with van der Waals surface area (Å²) in [5.74, 6) is -0.453. The zero-order chi connectivity index (χ0) is 14.4. The highest BCUT2D eigenvalue weighted by molar-refractivity contribution is 5.82. The summed E-state index contributed by atoms with van der Waals surface area (Å²) in [4.78, 5) is 12.0. The van der Waals surface area contributed by atoms with Gasteiger partial charge in [-0.3, -0.25) is 0 Å². The summed E-state index contributed by atoms with van der Waals surface area (Å²) in [7, 11) is 0. The summed E-state index contributed by atoms with van der Waals surface area (Å²) in [6.07, 6.45) is 0. The van der Waals surface area contributed by atoms with Crippen LogP contribution in [0.15, 0.2) is 57.7 Å². The predicted molar refractivity (Wildman–Crippen MR) is 74.4 cm³/mol. The second kappa shape index (κ2) is 4.24. The summed E-state index contributed by atoms with van der Waals surface area (Å²) < 4.78 is 20.1. The van der Waals surface area contributed by atoms with Crippen molar-refractivity contribution in [3.05, 3.63) is 64.8 Å². The molecule has 0 saturated heterocycles. The van der Waals surface area contributed by atoms with Crippen LogP contribution in [0.1, 0.15) is 0 Å². The number of hydrogen-bond donors (Lipinski definition) is 0. The minimum atomic E-state index is -0.544. The summed E-state index contributed by atoms with van der Waals surface area (Å²) in [6.45, 7) is 0. The Balaban J connectivity index is 2.14. The van der Waals surface area contributed by atoms with E-state index in [0.29, 0.717) is 11.2 Å². The first kappa shape index (κ1) is 11.8. The van der Waals surface area contributed by atoms with Crippen LogP contribution in [0, 0.1) is 5.82 Å². The number of rotatable bonds is 1. The van der Waals surface area contributed by atoms with Crippen molar-refractivity contribution in [2.75, 3.05) is 0 Å². The lowest BCUT2D eigenvalue weighted by Gasteiger charge is -2.00. The molecule has 0 amide bonds. The molecule has 4 aromatic rings. The maximum atomic E-state index is 13.4. The van der Waals surface area contributed by atoms with Crippen molar-refractivity contribution >= 4 is 16.6 Å². The molecular weight excluding hydrogens is 273 g/mol. The molecule has 0 bridgehead atoms. The Morgan fingerprint density at radius 1 is 1.10 bits per heavy atom. The van der Waals surface area contributed by atoms with Crippen molar-refractivity contribution in [2.24, 2.45) is 0 Å². The van der Waals surface area contributed by atoms with Gasteiger partial charge in [0.2, 0.25) is 0 Å². The van der Waals surface area contributed by atoms with Gasteiger partial charge in [-0.15, -0.1) is 5.10 Å². The Bertz CT molecular complexity index is 1020. The Morgan fingerprint density at radius 3 is 2.71 bits per heavy atom. The lowest BCUT2D eigenvalue weighted by molar-refractivity contribution is 0.542. The molecule has 5 nitrogen and oxygen atoms in total. The Hall–Kier alpha value is -3.02. The molecule has 0 spiro atoms. The van der Waals surface area contributed by atoms with E-state index >= 15 is 0 Å². The van der Waals surface area contributed by atoms with E-state index in [9.17, 15) is 9.18 Å². The molecule has 21 heavy (non-hydrogen) atoms. The van der Waals surface area contributed by atoms with Crippen molar-refractivity contribution in [3.8, 4) is 11.3 Å². The van der Waals surface area contributed by atoms with Crippen molar-refractivity contribution in [2.45, 2.75) is 0 Å². The SMILES string of the molecule is O=c1oc2c(-c3ccccc3)nnn2c2cc(F)ccc12. The van der Waals surface area contributed by atoms with Gasteiger partial charge in [0.1, 0.15) is 5.82 Å². The first-order chi connectivity index (χ1) is 10.2. The fourth-order valence-corrected chi connectivity index (χ4v) is 2.29. The van der Waals surface area contributed by atoms with E-state index in [2.05, 4.69) is 10.3 Å². The van der Waals surface area contributed by atoms with Gasteiger partial charge >= 0.3 is 5.63 Å². The summed E-state index contributed by atoms with van der Waals surface area (Å²) in [5.41, 5.74) is 1.20. The highest BCUT2D eigenvalue weighted by Gasteiger charge is 2.15. The summed E-state index contributed by atoms with van der Waals surface area (Å²) in [6, 6.07) is 13.1. The number of fused-ring (bicyclic) bond motifs is 3. The monoisotopic (exact) mass is 281 g/mol. The molecule has 2 heterocycles. The number of hydrogen-bond acceptors (Lipinski definition) is 4. The number of halogens is 1. The van der Waals surface area contributed by atoms with Crippen LogP contribution < -0.4 is 5.63 Å². The lowest BCUT2D eigenvalue weighted by atomic mass is 10.2. The van der Waals surface area contributed by atoms with Gasteiger partial charge < -0.3 is 4.42 Å². The molecule has 0 aliphatic heterocycles. The third kappa shape index (κ3) is 1.73. The largest absolute Gasteiger partial charge is 0.401 e. The van der Waals surface area contributed by atoms with E-state index in [4.69, 9.17) is 4.42 Å². The number of nitrogens with zero attached hydrogens (tertiary/aromatic N) is 3. The minimum absolute atomic E-state index is 0.198. The van der Waals surface area contributed by atoms with Gasteiger partial charge in [-0.05, 0) is 12.1 Å². The third-order valence-corrected chi connectivity index (χ3v) is 3.27. The zero-order valence-electron chi connectivity index (χ0n) is 10.7. The van der Waals surface area contributed by atoms with E-state index in [1.165, 1.54) is 22.7 Å². The fourth-order valence-electron chi connectivity index (χ4n) is 2.29. The van der Waals surface area contributed by atoms with E-state index in [0.717, 1.165) is 5.56 Å². The summed E-state index contributed by atoms with van der Waals surface area (Å²) in [5, 5.41) is 8.27. The molecule has 2 aromatic carbocycles. The number of benzene rings is 2. The maximum absolute atomic E-state index is 13.4. The molecular formula is C15H8FN3O2. The van der Waals surface area contributed by atoms with Crippen molar-refractivity contribution < 1.29 is 8.81 Å². The van der Waals surface area contributed by atoms with Gasteiger partial charge in [0.15, 0.2) is 5.69 Å². The molecule has 0 aliphatic carbocycles. The molecule has 0 aliphatic rings. The van der Waals surface area contributed by atoms with Gasteiger partial charge in [-0.2, -0.15) is 4.52 Å². The van der Waals surface area contributed by atoms with Gasteiger partial charge in [0.25, 0.3) is 5.71 Å². The van der Waals surface area contributed by atoms with E-state index in [-0.39, 0.29) is 11.1 Å². The van der Waals surface area contributed by atoms with Crippen LogP contribution in [0.4, 0.5) is 4.39 Å². The Labute approximate surface area is 117 Å². The fraction of sp³-hybridized carbons (Fsp3) is 0. The van der Waals surface area contributed by atoms with E-state index in [1.807, 2.05) is 30.3 Å². The molecule has 0 saturated carbocycles. The molecule has 102 valence electrons. The molecule has 4 rings (SSSR count). The van der Waals surface area contributed by atoms with Crippen LogP contribution in [0.3, 0.4) is 0 Å². The third-order valence-electron chi connectivity index (χ3n) is 3.27.